The maximum Gasteiger partial charge on any atom is 0.137 e. The van der Waals surface area contributed by atoms with Gasteiger partial charge in [0.25, 0.3) is 0 Å². The highest BCUT2D eigenvalue weighted by Crippen LogP contribution is 2.30. The Balaban J connectivity index is 2.62. The van der Waals surface area contributed by atoms with Crippen molar-refractivity contribution in [3.8, 4) is 5.75 Å². The molecule has 0 saturated heterocycles. The van der Waals surface area contributed by atoms with Gasteiger partial charge in [0.2, 0.25) is 0 Å². The van der Waals surface area contributed by atoms with E-state index in [0.717, 1.165) is 23.0 Å². The summed E-state index contributed by atoms with van der Waals surface area (Å²) in [6, 6.07) is 7.23. The number of benzene rings is 1. The Labute approximate surface area is 99.9 Å². The number of hydrogen-bond acceptors (Lipinski definition) is 2. The number of hydrogen-bond donors (Lipinski definition) is 1. The lowest BCUT2D eigenvalue weighted by Crippen LogP contribution is -1.96. The number of halogens is 1. The van der Waals surface area contributed by atoms with Crippen LogP contribution in [0, 0.1) is 0 Å². The van der Waals surface area contributed by atoms with E-state index in [9.17, 15) is 5.11 Å². The summed E-state index contributed by atoms with van der Waals surface area (Å²) in [5, 5.41) is 11.4. The zero-order chi connectivity index (χ0) is 11.7. The summed E-state index contributed by atoms with van der Waals surface area (Å²) in [5.41, 5.74) is 1.63. The molecule has 1 N–H and O–H groups in total. The molecule has 1 aromatic heterocycles. The van der Waals surface area contributed by atoms with Gasteiger partial charge < -0.3 is 5.11 Å². The van der Waals surface area contributed by atoms with Gasteiger partial charge >= 0.3 is 0 Å². The molecule has 2 nitrogen and oxygen atoms in total. The first-order chi connectivity index (χ1) is 7.61. The molecular weight excluding hydrogens is 222 g/mol. The van der Waals surface area contributed by atoms with Crippen LogP contribution in [0.2, 0.25) is 5.02 Å². The number of fused-ring (bicyclic) bond motifs is 1. The number of nitrogens with zero attached hydrogens (tertiary/aromatic N) is 1. The fourth-order valence-corrected chi connectivity index (χ4v) is 1.89. The number of pyridine rings is 1. The summed E-state index contributed by atoms with van der Waals surface area (Å²) in [4.78, 5) is 4.48. The van der Waals surface area contributed by atoms with Crippen molar-refractivity contribution in [1.29, 1.82) is 0 Å². The van der Waals surface area contributed by atoms with Gasteiger partial charge in [-0.3, -0.25) is 0 Å². The Morgan fingerprint density at radius 1 is 1.38 bits per heavy atom. The minimum absolute atomic E-state index is 0.254. The summed E-state index contributed by atoms with van der Waals surface area (Å²) < 4.78 is 0. The lowest BCUT2D eigenvalue weighted by Gasteiger charge is -2.11. The molecule has 1 unspecified atom stereocenters. The van der Waals surface area contributed by atoms with Gasteiger partial charge in [0.05, 0.1) is 11.2 Å². The SMILES string of the molecule is CCC(C)c1nc2ccc(Cl)cc2cc1O. The molecule has 1 atom stereocenters. The van der Waals surface area contributed by atoms with Gasteiger partial charge in [-0.25, -0.2) is 4.98 Å². The lowest BCUT2D eigenvalue weighted by atomic mass is 10.0. The molecule has 0 bridgehead atoms. The topological polar surface area (TPSA) is 33.1 Å². The smallest absolute Gasteiger partial charge is 0.137 e. The predicted molar refractivity (Wildman–Crippen MR) is 67.1 cm³/mol. The van der Waals surface area contributed by atoms with E-state index in [1.807, 2.05) is 18.2 Å². The van der Waals surface area contributed by atoms with Crippen molar-refractivity contribution in [3.63, 3.8) is 0 Å². The van der Waals surface area contributed by atoms with Crippen molar-refractivity contribution in [2.75, 3.05) is 0 Å². The molecule has 0 aliphatic heterocycles. The zero-order valence-corrected chi connectivity index (χ0v) is 10.1. The highest BCUT2D eigenvalue weighted by molar-refractivity contribution is 6.31. The highest BCUT2D eigenvalue weighted by Gasteiger charge is 2.11. The van der Waals surface area contributed by atoms with Crippen LogP contribution < -0.4 is 0 Å². The van der Waals surface area contributed by atoms with Crippen LogP contribution in [-0.4, -0.2) is 10.1 Å². The number of aromatic hydroxyl groups is 1. The summed E-state index contributed by atoms with van der Waals surface area (Å²) in [5.74, 6) is 0.518. The van der Waals surface area contributed by atoms with E-state index in [4.69, 9.17) is 11.6 Å². The standard InChI is InChI=1S/C13H14ClNO/c1-3-8(2)13-12(16)7-9-6-10(14)4-5-11(9)15-13/h4-8,16H,3H2,1-2H3. The van der Waals surface area contributed by atoms with Crippen LogP contribution in [0.4, 0.5) is 0 Å². The van der Waals surface area contributed by atoms with Gasteiger partial charge in [0.15, 0.2) is 0 Å². The monoisotopic (exact) mass is 235 g/mol. The lowest BCUT2D eigenvalue weighted by molar-refractivity contribution is 0.458. The first-order valence-corrected chi connectivity index (χ1v) is 5.78. The molecular formula is C13H14ClNO. The molecule has 16 heavy (non-hydrogen) atoms. The van der Waals surface area contributed by atoms with Crippen molar-refractivity contribution in [2.24, 2.45) is 0 Å². The van der Waals surface area contributed by atoms with Gasteiger partial charge in [-0.1, -0.05) is 25.4 Å². The Bertz CT molecular complexity index is 525. The molecule has 2 aromatic rings. The third-order valence-electron chi connectivity index (χ3n) is 2.86. The summed E-state index contributed by atoms with van der Waals surface area (Å²) in [6.45, 7) is 4.14. The quantitative estimate of drug-likeness (QED) is 0.850. The summed E-state index contributed by atoms with van der Waals surface area (Å²) in [6.07, 6.45) is 0.958. The van der Waals surface area contributed by atoms with Crippen LogP contribution in [0.3, 0.4) is 0 Å². The van der Waals surface area contributed by atoms with E-state index in [2.05, 4.69) is 18.8 Å². The first kappa shape index (κ1) is 11.2. The molecule has 0 amide bonds. The maximum absolute atomic E-state index is 9.90. The fraction of sp³-hybridized carbons (Fsp3) is 0.308. The minimum atomic E-state index is 0.254. The maximum atomic E-state index is 9.90. The van der Waals surface area contributed by atoms with E-state index in [1.165, 1.54) is 0 Å². The Hall–Kier alpha value is -1.28. The third-order valence-corrected chi connectivity index (χ3v) is 3.10. The first-order valence-electron chi connectivity index (χ1n) is 5.41. The zero-order valence-electron chi connectivity index (χ0n) is 9.37. The average Bonchev–Trinajstić information content (AvgIpc) is 2.27. The van der Waals surface area contributed by atoms with Crippen molar-refractivity contribution in [2.45, 2.75) is 26.2 Å². The van der Waals surface area contributed by atoms with E-state index in [-0.39, 0.29) is 11.7 Å². The van der Waals surface area contributed by atoms with Crippen LogP contribution >= 0.6 is 11.6 Å². The molecule has 0 saturated carbocycles. The predicted octanol–water partition coefficient (Wildman–Crippen LogP) is 4.11. The van der Waals surface area contributed by atoms with E-state index in [0.29, 0.717) is 5.02 Å². The Morgan fingerprint density at radius 3 is 2.81 bits per heavy atom. The van der Waals surface area contributed by atoms with Crippen molar-refractivity contribution < 1.29 is 5.11 Å². The van der Waals surface area contributed by atoms with Gasteiger partial charge in [-0.2, -0.15) is 0 Å². The van der Waals surface area contributed by atoms with Crippen LogP contribution in [0.5, 0.6) is 5.75 Å². The largest absolute Gasteiger partial charge is 0.506 e. The van der Waals surface area contributed by atoms with Crippen LogP contribution in [-0.2, 0) is 0 Å². The van der Waals surface area contributed by atoms with Gasteiger partial charge in [0, 0.05) is 16.3 Å². The van der Waals surface area contributed by atoms with Crippen molar-refractivity contribution >= 4 is 22.5 Å². The van der Waals surface area contributed by atoms with E-state index in [1.54, 1.807) is 6.07 Å². The Kier molecular flexibility index (Phi) is 3.01. The molecule has 0 spiro atoms. The normalized spacial score (nSPS) is 12.9. The van der Waals surface area contributed by atoms with Gasteiger partial charge in [-0.15, -0.1) is 0 Å². The molecule has 1 heterocycles. The second kappa shape index (κ2) is 4.30. The molecule has 0 aliphatic rings. The number of rotatable bonds is 2. The third kappa shape index (κ3) is 1.98. The van der Waals surface area contributed by atoms with Gasteiger partial charge in [0.1, 0.15) is 5.75 Å². The summed E-state index contributed by atoms with van der Waals surface area (Å²) >= 11 is 5.89. The van der Waals surface area contributed by atoms with Gasteiger partial charge in [-0.05, 0) is 30.7 Å². The van der Waals surface area contributed by atoms with Crippen LogP contribution in [0.25, 0.3) is 10.9 Å². The van der Waals surface area contributed by atoms with Crippen LogP contribution in [0.15, 0.2) is 24.3 Å². The Morgan fingerprint density at radius 2 is 2.12 bits per heavy atom. The number of aromatic nitrogens is 1. The second-order valence-electron chi connectivity index (χ2n) is 4.04. The molecule has 3 heteroatoms. The molecule has 84 valence electrons. The molecule has 1 aromatic carbocycles. The van der Waals surface area contributed by atoms with E-state index >= 15 is 0 Å². The molecule has 0 radical (unpaired) electrons. The average molecular weight is 236 g/mol. The highest BCUT2D eigenvalue weighted by atomic mass is 35.5. The summed E-state index contributed by atoms with van der Waals surface area (Å²) in [7, 11) is 0. The molecule has 0 aliphatic carbocycles. The van der Waals surface area contributed by atoms with E-state index < -0.39 is 0 Å². The minimum Gasteiger partial charge on any atom is -0.506 e. The molecule has 0 fully saturated rings. The molecule has 2 rings (SSSR count). The van der Waals surface area contributed by atoms with Crippen molar-refractivity contribution in [1.82, 2.24) is 4.98 Å². The fourth-order valence-electron chi connectivity index (χ4n) is 1.71. The van der Waals surface area contributed by atoms with Crippen LogP contribution in [0.1, 0.15) is 31.9 Å². The second-order valence-corrected chi connectivity index (χ2v) is 4.48. The van der Waals surface area contributed by atoms with Crippen molar-refractivity contribution in [3.05, 3.63) is 35.0 Å².